The van der Waals surface area contributed by atoms with Crippen LogP contribution in [0.1, 0.15) is 41.5 Å². The summed E-state index contributed by atoms with van der Waals surface area (Å²) in [5.41, 5.74) is 0. The van der Waals surface area contributed by atoms with Gasteiger partial charge in [0.1, 0.15) is 0 Å². The van der Waals surface area contributed by atoms with Gasteiger partial charge in [0, 0.05) is 0 Å². The maximum Gasteiger partial charge on any atom is 0.0618 e. The Kier molecular flexibility index (Phi) is 4.45. The fraction of sp³-hybridized carbons (Fsp3) is 1.00. The van der Waals surface area contributed by atoms with Crippen LogP contribution in [0.15, 0.2) is 0 Å². The zero-order valence-electron chi connectivity index (χ0n) is 9.08. The topological polar surface area (TPSA) is 0 Å². The highest BCUT2D eigenvalue weighted by Crippen LogP contribution is 2.71. The predicted octanol–water partition coefficient (Wildman–Crippen LogP) is 5.39. The van der Waals surface area contributed by atoms with Crippen LogP contribution in [0, 0.1) is 0 Å². The van der Waals surface area contributed by atoms with Crippen molar-refractivity contribution in [2.24, 2.45) is 0 Å². The minimum atomic E-state index is -0.687. The third-order valence-electron chi connectivity index (χ3n) is 1.60. The van der Waals surface area contributed by atoms with E-state index in [2.05, 4.69) is 0 Å². The lowest BCUT2D eigenvalue weighted by Gasteiger charge is -2.44. The first-order valence-corrected chi connectivity index (χ1v) is 6.71. The normalized spacial score (nSPS) is 15.2. The highest BCUT2D eigenvalue weighted by Gasteiger charge is 2.46. The van der Waals surface area contributed by atoms with Gasteiger partial charge in [-0.2, -0.15) is 0 Å². The number of hydrogen-bond donors (Lipinski definition) is 0. The molecule has 0 aromatic heterocycles. The van der Waals surface area contributed by atoms with Crippen molar-refractivity contribution < 1.29 is 0 Å². The van der Waals surface area contributed by atoms with E-state index in [4.69, 9.17) is 34.8 Å². The molecule has 0 heterocycles. The summed E-state index contributed by atoms with van der Waals surface area (Å²) in [6.45, 7) is 11.9. The maximum absolute atomic E-state index is 6.33. The molecule has 0 aromatic carbocycles. The van der Waals surface area contributed by atoms with Gasteiger partial charge in [0.25, 0.3) is 0 Å². The summed E-state index contributed by atoms with van der Waals surface area (Å²) in [4.78, 5) is 0. The summed E-state index contributed by atoms with van der Waals surface area (Å²) in [6, 6.07) is 0. The van der Waals surface area contributed by atoms with Crippen molar-refractivity contribution >= 4 is 42.7 Å². The number of halogens is 3. The first-order valence-electron chi connectivity index (χ1n) is 4.24. The van der Waals surface area contributed by atoms with E-state index in [1.807, 2.05) is 41.5 Å². The summed E-state index contributed by atoms with van der Waals surface area (Å²) < 4.78 is -1.02. The van der Waals surface area contributed by atoms with Crippen LogP contribution in [0.5, 0.6) is 0 Å². The van der Waals surface area contributed by atoms with E-state index in [0.717, 1.165) is 0 Å². The van der Waals surface area contributed by atoms with E-state index in [0.29, 0.717) is 0 Å². The summed E-state index contributed by atoms with van der Waals surface area (Å²) >= 11 is 19.0. The standard InChI is InChI=1S/C9H18Cl3P/c1-7(2,10)13(8(3,4)11)9(5,6)12/h1-6H3. The molecule has 0 aromatic rings. The van der Waals surface area contributed by atoms with Crippen molar-refractivity contribution in [2.45, 2.75) is 55.4 Å². The molecule has 0 aliphatic rings. The monoisotopic (exact) mass is 262 g/mol. The molecule has 0 fully saturated rings. The van der Waals surface area contributed by atoms with Crippen LogP contribution in [0.3, 0.4) is 0 Å². The Balaban J connectivity index is 5.02. The van der Waals surface area contributed by atoms with Crippen molar-refractivity contribution in [3.8, 4) is 0 Å². The second-order valence-corrected chi connectivity index (χ2v) is 12.2. The Bertz CT molecular complexity index is 137. The summed E-state index contributed by atoms with van der Waals surface area (Å²) in [5.74, 6) is 0. The maximum atomic E-state index is 6.33. The van der Waals surface area contributed by atoms with Gasteiger partial charge in [-0.05, 0) is 49.5 Å². The van der Waals surface area contributed by atoms with Gasteiger partial charge in [-0.15, -0.1) is 34.8 Å². The Hall–Kier alpha value is 1.30. The first kappa shape index (κ1) is 14.3. The van der Waals surface area contributed by atoms with Gasteiger partial charge in [0.15, 0.2) is 0 Å². The molecular weight excluding hydrogens is 245 g/mol. The Morgan fingerprint density at radius 3 is 0.769 bits per heavy atom. The van der Waals surface area contributed by atoms with Crippen LogP contribution in [0.4, 0.5) is 0 Å². The van der Waals surface area contributed by atoms with Crippen molar-refractivity contribution in [1.82, 2.24) is 0 Å². The molecule has 0 amide bonds. The largest absolute Gasteiger partial charge is 0.115 e. The van der Waals surface area contributed by atoms with Crippen molar-refractivity contribution in [2.75, 3.05) is 0 Å². The fourth-order valence-electron chi connectivity index (χ4n) is 1.90. The number of alkyl halides is 3. The summed E-state index contributed by atoms with van der Waals surface area (Å²) in [5, 5.41) is 0. The van der Waals surface area contributed by atoms with E-state index < -0.39 is 7.92 Å². The van der Waals surface area contributed by atoms with Gasteiger partial charge in [-0.1, -0.05) is 0 Å². The van der Waals surface area contributed by atoms with E-state index >= 15 is 0 Å². The molecule has 0 spiro atoms. The molecular formula is C9H18Cl3P. The van der Waals surface area contributed by atoms with E-state index in [1.165, 1.54) is 0 Å². The molecule has 0 nitrogen and oxygen atoms in total. The van der Waals surface area contributed by atoms with Crippen molar-refractivity contribution in [1.29, 1.82) is 0 Å². The molecule has 0 unspecified atom stereocenters. The van der Waals surface area contributed by atoms with Gasteiger partial charge < -0.3 is 0 Å². The predicted molar refractivity (Wildman–Crippen MR) is 66.7 cm³/mol. The van der Waals surface area contributed by atoms with Crippen LogP contribution >= 0.6 is 42.7 Å². The summed E-state index contributed by atoms with van der Waals surface area (Å²) in [6.07, 6.45) is 0. The Morgan fingerprint density at radius 1 is 0.615 bits per heavy atom. The Morgan fingerprint density at radius 2 is 0.769 bits per heavy atom. The van der Waals surface area contributed by atoms with E-state index in [9.17, 15) is 0 Å². The van der Waals surface area contributed by atoms with Gasteiger partial charge in [0.2, 0.25) is 0 Å². The van der Waals surface area contributed by atoms with E-state index in [-0.39, 0.29) is 13.8 Å². The van der Waals surface area contributed by atoms with Gasteiger partial charge in [-0.3, -0.25) is 0 Å². The second-order valence-electron chi connectivity index (χ2n) is 4.56. The first-order chi connectivity index (χ1) is 5.37. The molecule has 0 rings (SSSR count). The van der Waals surface area contributed by atoms with Crippen molar-refractivity contribution in [3.63, 3.8) is 0 Å². The molecule has 0 saturated heterocycles. The smallest absolute Gasteiger partial charge is 0.0618 e. The van der Waals surface area contributed by atoms with Crippen LogP contribution in [-0.4, -0.2) is 13.8 Å². The van der Waals surface area contributed by atoms with E-state index in [1.54, 1.807) is 0 Å². The lowest BCUT2D eigenvalue weighted by atomic mass is 10.5. The molecule has 13 heavy (non-hydrogen) atoms. The average molecular weight is 264 g/mol. The fourth-order valence-corrected chi connectivity index (χ4v) is 9.88. The summed E-state index contributed by atoms with van der Waals surface area (Å²) in [7, 11) is -0.687. The molecule has 0 aliphatic carbocycles. The van der Waals surface area contributed by atoms with Crippen LogP contribution in [0.25, 0.3) is 0 Å². The molecule has 0 N–H and O–H groups in total. The number of rotatable bonds is 3. The van der Waals surface area contributed by atoms with Crippen LogP contribution in [0.2, 0.25) is 0 Å². The highest BCUT2D eigenvalue weighted by atomic mass is 35.5. The molecule has 0 radical (unpaired) electrons. The lowest BCUT2D eigenvalue weighted by Crippen LogP contribution is -2.30. The molecule has 0 atom stereocenters. The van der Waals surface area contributed by atoms with Gasteiger partial charge >= 0.3 is 0 Å². The third kappa shape index (κ3) is 4.56. The van der Waals surface area contributed by atoms with Gasteiger partial charge in [-0.25, -0.2) is 0 Å². The molecule has 4 heteroatoms. The molecule has 0 bridgehead atoms. The Labute approximate surface area is 98.1 Å². The van der Waals surface area contributed by atoms with Gasteiger partial charge in [0.05, 0.1) is 13.8 Å². The molecule has 80 valence electrons. The quantitative estimate of drug-likeness (QED) is 0.473. The third-order valence-corrected chi connectivity index (χ3v) is 6.31. The minimum Gasteiger partial charge on any atom is -0.115 e. The zero-order valence-corrected chi connectivity index (χ0v) is 12.2. The molecule has 0 saturated carbocycles. The zero-order chi connectivity index (χ0) is 11.1. The van der Waals surface area contributed by atoms with Crippen LogP contribution in [-0.2, 0) is 0 Å². The minimum absolute atomic E-state index is 0.341. The number of hydrogen-bond acceptors (Lipinski definition) is 0. The second kappa shape index (κ2) is 4.05. The molecule has 0 aliphatic heterocycles. The van der Waals surface area contributed by atoms with Crippen LogP contribution < -0.4 is 0 Å². The SMILES string of the molecule is CC(C)(Cl)P(C(C)(C)Cl)C(C)(C)Cl. The lowest BCUT2D eigenvalue weighted by molar-refractivity contribution is 0.839. The highest BCUT2D eigenvalue weighted by molar-refractivity contribution is 7.67. The average Bonchev–Trinajstić information content (AvgIpc) is 1.44. The van der Waals surface area contributed by atoms with Crippen molar-refractivity contribution in [3.05, 3.63) is 0 Å².